The highest BCUT2D eigenvalue weighted by Crippen LogP contribution is 2.28. The standard InChI is InChI=1S/C14H18BrF2N/c1-9-4-3-5-10(2)18(9)8-11-13(16)7-6-12(15)14(11)17/h6-7,9-10H,3-5,8H2,1-2H3. The molecule has 4 heteroatoms. The SMILES string of the molecule is CC1CCCC(C)N1Cc1c(F)ccc(Br)c1F. The molecular formula is C14H18BrF2N. The third kappa shape index (κ3) is 2.75. The fourth-order valence-electron chi connectivity index (χ4n) is 2.68. The van der Waals surface area contributed by atoms with Crippen LogP contribution in [0.3, 0.4) is 0 Å². The van der Waals surface area contributed by atoms with Gasteiger partial charge >= 0.3 is 0 Å². The first-order valence-electron chi connectivity index (χ1n) is 6.39. The maximum atomic E-state index is 14.0. The van der Waals surface area contributed by atoms with Crippen LogP contribution in [0.4, 0.5) is 8.78 Å². The van der Waals surface area contributed by atoms with Crippen LogP contribution in [0.2, 0.25) is 0 Å². The summed E-state index contributed by atoms with van der Waals surface area (Å²) in [6, 6.07) is 3.50. The van der Waals surface area contributed by atoms with E-state index in [0.717, 1.165) is 12.8 Å². The molecule has 18 heavy (non-hydrogen) atoms. The average molecular weight is 318 g/mol. The van der Waals surface area contributed by atoms with E-state index in [-0.39, 0.29) is 5.56 Å². The fraction of sp³-hybridized carbons (Fsp3) is 0.571. The monoisotopic (exact) mass is 317 g/mol. The Balaban J connectivity index is 2.25. The van der Waals surface area contributed by atoms with Gasteiger partial charge in [0, 0.05) is 24.2 Å². The van der Waals surface area contributed by atoms with E-state index in [1.165, 1.54) is 18.6 Å². The second kappa shape index (κ2) is 5.66. The van der Waals surface area contributed by atoms with Crippen molar-refractivity contribution in [2.45, 2.75) is 51.7 Å². The highest BCUT2D eigenvalue weighted by atomic mass is 79.9. The van der Waals surface area contributed by atoms with Gasteiger partial charge in [0.15, 0.2) is 0 Å². The van der Waals surface area contributed by atoms with Crippen molar-refractivity contribution in [3.05, 3.63) is 33.8 Å². The van der Waals surface area contributed by atoms with Crippen molar-refractivity contribution >= 4 is 15.9 Å². The zero-order valence-corrected chi connectivity index (χ0v) is 12.3. The number of hydrogen-bond donors (Lipinski definition) is 0. The van der Waals surface area contributed by atoms with Crippen LogP contribution in [0.1, 0.15) is 38.7 Å². The molecule has 0 N–H and O–H groups in total. The van der Waals surface area contributed by atoms with Gasteiger partial charge in [-0.15, -0.1) is 0 Å². The maximum Gasteiger partial charge on any atom is 0.144 e. The van der Waals surface area contributed by atoms with Crippen LogP contribution in [0, 0.1) is 11.6 Å². The smallest absolute Gasteiger partial charge is 0.144 e. The van der Waals surface area contributed by atoms with Crippen molar-refractivity contribution < 1.29 is 8.78 Å². The summed E-state index contributed by atoms with van der Waals surface area (Å²) in [5.74, 6) is -0.930. The molecular weight excluding hydrogens is 300 g/mol. The predicted octanol–water partition coefficient (Wildman–Crippen LogP) is 4.49. The molecule has 2 rings (SSSR count). The van der Waals surface area contributed by atoms with Crippen molar-refractivity contribution in [1.82, 2.24) is 4.90 Å². The Kier molecular flexibility index (Phi) is 4.38. The Bertz CT molecular complexity index is 426. The molecule has 0 spiro atoms. The first kappa shape index (κ1) is 13.9. The third-order valence-corrected chi connectivity index (χ3v) is 4.47. The summed E-state index contributed by atoms with van der Waals surface area (Å²) in [6.45, 7) is 4.60. The molecule has 1 fully saturated rings. The second-order valence-electron chi connectivity index (χ2n) is 5.12. The van der Waals surface area contributed by atoms with Crippen LogP contribution < -0.4 is 0 Å². The molecule has 1 aliphatic rings. The van der Waals surface area contributed by atoms with Gasteiger partial charge in [0.05, 0.1) is 4.47 Å². The van der Waals surface area contributed by atoms with E-state index in [9.17, 15) is 8.78 Å². The molecule has 2 unspecified atom stereocenters. The van der Waals surface area contributed by atoms with E-state index >= 15 is 0 Å². The Labute approximate surface area is 115 Å². The van der Waals surface area contributed by atoms with Crippen molar-refractivity contribution in [3.63, 3.8) is 0 Å². The number of likely N-dealkylation sites (tertiary alicyclic amines) is 1. The summed E-state index contributed by atoms with van der Waals surface area (Å²) in [7, 11) is 0. The minimum absolute atomic E-state index is 0.171. The van der Waals surface area contributed by atoms with Gasteiger partial charge in [-0.2, -0.15) is 0 Å². The van der Waals surface area contributed by atoms with E-state index in [2.05, 4.69) is 34.7 Å². The molecule has 100 valence electrons. The maximum absolute atomic E-state index is 14.0. The molecule has 0 saturated carbocycles. The normalized spacial score (nSPS) is 25.4. The van der Waals surface area contributed by atoms with Crippen LogP contribution in [0.25, 0.3) is 0 Å². The van der Waals surface area contributed by atoms with Crippen LogP contribution in [0.5, 0.6) is 0 Å². The number of halogens is 3. The summed E-state index contributed by atoms with van der Waals surface area (Å²) >= 11 is 3.12. The zero-order valence-electron chi connectivity index (χ0n) is 10.7. The van der Waals surface area contributed by atoms with Gasteiger partial charge in [-0.25, -0.2) is 8.78 Å². The third-order valence-electron chi connectivity index (χ3n) is 3.86. The predicted molar refractivity (Wildman–Crippen MR) is 72.4 cm³/mol. The molecule has 1 aromatic carbocycles. The minimum atomic E-state index is -0.472. The highest BCUT2D eigenvalue weighted by Gasteiger charge is 2.26. The van der Waals surface area contributed by atoms with Gasteiger partial charge < -0.3 is 0 Å². The molecule has 0 radical (unpaired) electrons. The number of rotatable bonds is 2. The molecule has 0 aliphatic carbocycles. The number of piperidine rings is 1. The first-order valence-corrected chi connectivity index (χ1v) is 7.18. The number of hydrogen-bond acceptors (Lipinski definition) is 1. The summed E-state index contributed by atoms with van der Waals surface area (Å²) < 4.78 is 28.0. The van der Waals surface area contributed by atoms with Crippen LogP contribution in [-0.4, -0.2) is 17.0 Å². The van der Waals surface area contributed by atoms with E-state index in [1.807, 2.05) is 0 Å². The highest BCUT2D eigenvalue weighted by molar-refractivity contribution is 9.10. The summed E-state index contributed by atoms with van der Waals surface area (Å²) in [6.07, 6.45) is 3.39. The van der Waals surface area contributed by atoms with Crippen LogP contribution >= 0.6 is 15.9 Å². The molecule has 1 saturated heterocycles. The molecule has 0 amide bonds. The zero-order chi connectivity index (χ0) is 13.3. The molecule has 0 aromatic heterocycles. The van der Waals surface area contributed by atoms with Crippen molar-refractivity contribution in [1.29, 1.82) is 0 Å². The Hall–Kier alpha value is -0.480. The van der Waals surface area contributed by atoms with Crippen molar-refractivity contribution in [3.8, 4) is 0 Å². The molecule has 1 nitrogen and oxygen atoms in total. The van der Waals surface area contributed by atoms with Crippen molar-refractivity contribution in [2.24, 2.45) is 0 Å². The molecule has 1 heterocycles. The summed E-state index contributed by atoms with van der Waals surface area (Å²) in [5, 5.41) is 0. The van der Waals surface area contributed by atoms with Gasteiger partial charge in [-0.05, 0) is 54.8 Å². The first-order chi connectivity index (χ1) is 8.50. The second-order valence-corrected chi connectivity index (χ2v) is 5.98. The molecule has 2 atom stereocenters. The number of nitrogens with zero attached hydrogens (tertiary/aromatic N) is 1. The van der Waals surface area contributed by atoms with E-state index in [4.69, 9.17) is 0 Å². The van der Waals surface area contributed by atoms with E-state index < -0.39 is 11.6 Å². The van der Waals surface area contributed by atoms with Gasteiger partial charge in [0.2, 0.25) is 0 Å². The minimum Gasteiger partial charge on any atom is -0.294 e. The van der Waals surface area contributed by atoms with Gasteiger partial charge in [0.1, 0.15) is 11.6 Å². The molecule has 1 aromatic rings. The van der Waals surface area contributed by atoms with Gasteiger partial charge in [-0.1, -0.05) is 6.42 Å². The van der Waals surface area contributed by atoms with Crippen LogP contribution in [-0.2, 0) is 6.54 Å². The Morgan fingerprint density at radius 3 is 2.44 bits per heavy atom. The summed E-state index contributed by atoms with van der Waals surface area (Å²) in [5.41, 5.74) is 0.171. The average Bonchev–Trinajstić information content (AvgIpc) is 2.33. The lowest BCUT2D eigenvalue weighted by molar-refractivity contribution is 0.0925. The molecule has 0 bridgehead atoms. The van der Waals surface area contributed by atoms with E-state index in [1.54, 1.807) is 0 Å². The topological polar surface area (TPSA) is 3.24 Å². The Morgan fingerprint density at radius 1 is 1.22 bits per heavy atom. The molecule has 1 aliphatic heterocycles. The van der Waals surface area contributed by atoms with Gasteiger partial charge in [-0.3, -0.25) is 4.90 Å². The fourth-order valence-corrected chi connectivity index (χ4v) is 3.05. The lowest BCUT2D eigenvalue weighted by Crippen LogP contribution is -2.43. The largest absolute Gasteiger partial charge is 0.294 e. The Morgan fingerprint density at radius 2 is 1.83 bits per heavy atom. The lowest BCUT2D eigenvalue weighted by atomic mass is 9.96. The van der Waals surface area contributed by atoms with Crippen LogP contribution in [0.15, 0.2) is 16.6 Å². The number of benzene rings is 1. The lowest BCUT2D eigenvalue weighted by Gasteiger charge is -2.39. The van der Waals surface area contributed by atoms with Crippen molar-refractivity contribution in [2.75, 3.05) is 0 Å². The quantitative estimate of drug-likeness (QED) is 0.726. The van der Waals surface area contributed by atoms with Gasteiger partial charge in [0.25, 0.3) is 0 Å². The summed E-state index contributed by atoms with van der Waals surface area (Å²) in [4.78, 5) is 2.19. The van der Waals surface area contributed by atoms with E-state index in [0.29, 0.717) is 23.1 Å².